The molecular formula is C17H17N5O2S. The number of anilines is 1. The number of nitrogens with one attached hydrogen (secondary N) is 1. The second kappa shape index (κ2) is 8.29. The molecule has 0 fully saturated rings. The van der Waals surface area contributed by atoms with Crippen LogP contribution < -0.4 is 10.1 Å². The number of benzene rings is 2. The summed E-state index contributed by atoms with van der Waals surface area (Å²) in [7, 11) is 1.57. The average molecular weight is 355 g/mol. The van der Waals surface area contributed by atoms with Gasteiger partial charge in [-0.3, -0.25) is 4.79 Å². The van der Waals surface area contributed by atoms with Crippen molar-refractivity contribution in [3.63, 3.8) is 0 Å². The number of tetrazole rings is 1. The summed E-state index contributed by atoms with van der Waals surface area (Å²) in [4.78, 5) is 12.1. The Labute approximate surface area is 149 Å². The van der Waals surface area contributed by atoms with Gasteiger partial charge in [0.25, 0.3) is 0 Å². The maximum atomic E-state index is 12.1. The van der Waals surface area contributed by atoms with Gasteiger partial charge in [0.2, 0.25) is 11.1 Å². The molecule has 1 heterocycles. The van der Waals surface area contributed by atoms with E-state index in [1.807, 2.05) is 42.5 Å². The Morgan fingerprint density at radius 3 is 2.72 bits per heavy atom. The van der Waals surface area contributed by atoms with Crippen molar-refractivity contribution in [2.75, 3.05) is 18.2 Å². The van der Waals surface area contributed by atoms with Gasteiger partial charge in [-0.1, -0.05) is 42.1 Å². The van der Waals surface area contributed by atoms with E-state index in [1.165, 1.54) is 11.8 Å². The van der Waals surface area contributed by atoms with Crippen LogP contribution in [0.4, 0.5) is 5.69 Å². The lowest BCUT2D eigenvalue weighted by atomic mass is 10.3. The molecule has 0 aliphatic rings. The molecule has 3 rings (SSSR count). The van der Waals surface area contributed by atoms with Crippen LogP contribution in [0, 0.1) is 0 Å². The summed E-state index contributed by atoms with van der Waals surface area (Å²) in [6.45, 7) is 0. The highest BCUT2D eigenvalue weighted by molar-refractivity contribution is 7.99. The molecule has 1 amide bonds. The Balaban J connectivity index is 1.55. The predicted octanol–water partition coefficient (Wildman–Crippen LogP) is 2.79. The van der Waals surface area contributed by atoms with Crippen LogP contribution in [0.5, 0.6) is 5.75 Å². The number of hydrogen-bond acceptors (Lipinski definition) is 6. The molecule has 0 radical (unpaired) electrons. The molecule has 3 aromatic rings. The molecule has 128 valence electrons. The van der Waals surface area contributed by atoms with Crippen molar-refractivity contribution in [1.82, 2.24) is 20.2 Å². The molecule has 2 aromatic carbocycles. The van der Waals surface area contributed by atoms with Gasteiger partial charge in [-0.15, -0.1) is 5.10 Å². The van der Waals surface area contributed by atoms with E-state index in [0.29, 0.717) is 28.8 Å². The van der Waals surface area contributed by atoms with Crippen molar-refractivity contribution in [3.8, 4) is 11.4 Å². The summed E-state index contributed by atoms with van der Waals surface area (Å²) in [5, 5.41) is 15.2. The number of rotatable bonds is 7. The number of nitrogens with zero attached hydrogens (tertiary/aromatic N) is 4. The molecule has 1 N–H and O–H groups in total. The Hall–Kier alpha value is -2.87. The van der Waals surface area contributed by atoms with E-state index in [9.17, 15) is 4.79 Å². The zero-order valence-electron chi connectivity index (χ0n) is 13.6. The third-order valence-electron chi connectivity index (χ3n) is 3.38. The number of hydrogen-bond donors (Lipinski definition) is 1. The van der Waals surface area contributed by atoms with Crippen LogP contribution in [0.25, 0.3) is 5.69 Å². The largest absolute Gasteiger partial charge is 0.495 e. The first-order valence-corrected chi connectivity index (χ1v) is 8.66. The summed E-state index contributed by atoms with van der Waals surface area (Å²) >= 11 is 1.43. The zero-order chi connectivity index (χ0) is 17.5. The summed E-state index contributed by atoms with van der Waals surface area (Å²) in [6, 6.07) is 16.9. The molecule has 0 spiro atoms. The zero-order valence-corrected chi connectivity index (χ0v) is 14.4. The molecule has 0 saturated heterocycles. The Morgan fingerprint density at radius 2 is 1.92 bits per heavy atom. The molecule has 0 bridgehead atoms. The maximum absolute atomic E-state index is 12.1. The Bertz CT molecular complexity index is 838. The number of aromatic nitrogens is 4. The van der Waals surface area contributed by atoms with E-state index < -0.39 is 0 Å². The van der Waals surface area contributed by atoms with Gasteiger partial charge in [0, 0.05) is 12.2 Å². The fourth-order valence-corrected chi connectivity index (χ4v) is 3.02. The SMILES string of the molecule is COc1ccccc1NC(=O)CCSc1nnnn1-c1ccccc1. The molecule has 0 aliphatic heterocycles. The first-order chi connectivity index (χ1) is 12.3. The molecule has 0 atom stereocenters. The summed E-state index contributed by atoms with van der Waals surface area (Å²) in [6.07, 6.45) is 0.338. The van der Waals surface area contributed by atoms with Gasteiger partial charge in [-0.25, -0.2) is 0 Å². The van der Waals surface area contributed by atoms with E-state index in [1.54, 1.807) is 23.9 Å². The van der Waals surface area contributed by atoms with Crippen LogP contribution in [0.1, 0.15) is 6.42 Å². The molecule has 0 aliphatic carbocycles. The molecule has 0 unspecified atom stereocenters. The quantitative estimate of drug-likeness (QED) is 0.656. The second-order valence-electron chi connectivity index (χ2n) is 5.06. The van der Waals surface area contributed by atoms with Gasteiger partial charge in [0.15, 0.2) is 0 Å². The number of ether oxygens (including phenoxy) is 1. The van der Waals surface area contributed by atoms with Crippen molar-refractivity contribution in [1.29, 1.82) is 0 Å². The number of thioether (sulfide) groups is 1. The van der Waals surface area contributed by atoms with Crippen molar-refractivity contribution >= 4 is 23.4 Å². The lowest BCUT2D eigenvalue weighted by Crippen LogP contribution is -2.13. The smallest absolute Gasteiger partial charge is 0.225 e. The van der Waals surface area contributed by atoms with Gasteiger partial charge >= 0.3 is 0 Å². The lowest BCUT2D eigenvalue weighted by Gasteiger charge is -2.09. The third-order valence-corrected chi connectivity index (χ3v) is 4.30. The van der Waals surface area contributed by atoms with Gasteiger partial charge in [0.1, 0.15) is 5.75 Å². The molecule has 1 aromatic heterocycles. The standard InChI is InChI=1S/C17H17N5O2S/c1-24-15-10-6-5-9-14(15)18-16(23)11-12-25-17-19-20-21-22(17)13-7-3-2-4-8-13/h2-10H,11-12H2,1H3,(H,18,23). The minimum atomic E-state index is -0.0873. The maximum Gasteiger partial charge on any atom is 0.225 e. The summed E-state index contributed by atoms with van der Waals surface area (Å²) < 4.78 is 6.88. The number of amides is 1. The van der Waals surface area contributed by atoms with Gasteiger partial charge in [-0.2, -0.15) is 4.68 Å². The minimum absolute atomic E-state index is 0.0873. The van der Waals surface area contributed by atoms with Crippen molar-refractivity contribution < 1.29 is 9.53 Å². The first-order valence-electron chi connectivity index (χ1n) is 7.67. The lowest BCUT2D eigenvalue weighted by molar-refractivity contribution is -0.115. The summed E-state index contributed by atoms with van der Waals surface area (Å²) in [5.74, 6) is 1.11. The predicted molar refractivity (Wildman–Crippen MR) is 96.1 cm³/mol. The van der Waals surface area contributed by atoms with Gasteiger partial charge in [-0.05, 0) is 34.7 Å². The van der Waals surface area contributed by atoms with E-state index in [-0.39, 0.29) is 5.91 Å². The summed E-state index contributed by atoms with van der Waals surface area (Å²) in [5.41, 5.74) is 1.54. The highest BCUT2D eigenvalue weighted by Gasteiger charge is 2.11. The average Bonchev–Trinajstić information content (AvgIpc) is 3.11. The van der Waals surface area contributed by atoms with Crippen LogP contribution in [-0.4, -0.2) is 39.0 Å². The van der Waals surface area contributed by atoms with Gasteiger partial charge in [0.05, 0.1) is 18.5 Å². The van der Waals surface area contributed by atoms with E-state index in [4.69, 9.17) is 4.74 Å². The van der Waals surface area contributed by atoms with Crippen molar-refractivity contribution in [3.05, 3.63) is 54.6 Å². The fourth-order valence-electron chi connectivity index (χ4n) is 2.20. The number of methoxy groups -OCH3 is 1. The second-order valence-corrected chi connectivity index (χ2v) is 6.12. The normalized spacial score (nSPS) is 10.4. The van der Waals surface area contributed by atoms with Crippen molar-refractivity contribution in [2.24, 2.45) is 0 Å². The van der Waals surface area contributed by atoms with E-state index in [0.717, 1.165) is 5.69 Å². The topological polar surface area (TPSA) is 81.9 Å². The van der Waals surface area contributed by atoms with E-state index >= 15 is 0 Å². The molecule has 25 heavy (non-hydrogen) atoms. The van der Waals surface area contributed by atoms with Crippen LogP contribution in [0.15, 0.2) is 59.8 Å². The van der Waals surface area contributed by atoms with E-state index in [2.05, 4.69) is 20.8 Å². The molecule has 8 heteroatoms. The van der Waals surface area contributed by atoms with Crippen LogP contribution in [0.2, 0.25) is 0 Å². The Kier molecular flexibility index (Phi) is 5.63. The fraction of sp³-hybridized carbons (Fsp3) is 0.176. The van der Waals surface area contributed by atoms with Crippen LogP contribution in [-0.2, 0) is 4.79 Å². The monoisotopic (exact) mass is 355 g/mol. The van der Waals surface area contributed by atoms with Gasteiger partial charge < -0.3 is 10.1 Å². The minimum Gasteiger partial charge on any atom is -0.495 e. The number of carbonyl (C=O) groups excluding carboxylic acids is 1. The molecule has 7 nitrogen and oxygen atoms in total. The molecular weight excluding hydrogens is 338 g/mol. The highest BCUT2D eigenvalue weighted by Crippen LogP contribution is 2.24. The molecule has 0 saturated carbocycles. The van der Waals surface area contributed by atoms with Crippen LogP contribution >= 0.6 is 11.8 Å². The first kappa shape index (κ1) is 17.0. The van der Waals surface area contributed by atoms with Crippen molar-refractivity contribution in [2.45, 2.75) is 11.6 Å². The van der Waals surface area contributed by atoms with Crippen LogP contribution in [0.3, 0.4) is 0 Å². The number of para-hydroxylation sites is 3. The highest BCUT2D eigenvalue weighted by atomic mass is 32.2. The Morgan fingerprint density at radius 1 is 1.16 bits per heavy atom. The number of carbonyl (C=O) groups is 1. The third kappa shape index (κ3) is 4.36.